The van der Waals surface area contributed by atoms with Crippen molar-refractivity contribution in [2.45, 2.75) is 19.7 Å². The van der Waals surface area contributed by atoms with E-state index in [-0.39, 0.29) is 17.8 Å². The van der Waals surface area contributed by atoms with Gasteiger partial charge in [-0.3, -0.25) is 9.59 Å². The third kappa shape index (κ3) is 2.27. The summed E-state index contributed by atoms with van der Waals surface area (Å²) >= 11 is 0. The van der Waals surface area contributed by atoms with Gasteiger partial charge in [0.25, 0.3) is 5.91 Å². The van der Waals surface area contributed by atoms with Crippen molar-refractivity contribution in [2.24, 2.45) is 0 Å². The molecule has 1 unspecified atom stereocenters. The monoisotopic (exact) mass is 296 g/mol. The number of amides is 1. The Balaban J connectivity index is 2.65. The van der Waals surface area contributed by atoms with Crippen LogP contribution in [0, 0.1) is 0 Å². The van der Waals surface area contributed by atoms with Gasteiger partial charge in [0, 0.05) is 19.9 Å². The van der Waals surface area contributed by atoms with Gasteiger partial charge in [0.05, 0.1) is 13.7 Å². The number of rotatable bonds is 3. The number of pyridine rings is 1. The van der Waals surface area contributed by atoms with Crippen molar-refractivity contribution >= 4 is 11.9 Å². The van der Waals surface area contributed by atoms with Crippen LogP contribution in [0.5, 0.6) is 5.75 Å². The molecule has 8 nitrogen and oxygen atoms in total. The second-order valence-electron chi connectivity index (χ2n) is 4.49. The van der Waals surface area contributed by atoms with Gasteiger partial charge in [0.2, 0.25) is 5.43 Å². The molecule has 1 aromatic heterocycles. The van der Waals surface area contributed by atoms with Gasteiger partial charge in [0.1, 0.15) is 11.8 Å². The number of hydrogen-bond donors (Lipinski definition) is 1. The molecular formula is C13H16N2O6. The molecular weight excluding hydrogens is 280 g/mol. The number of aromatic nitrogens is 1. The van der Waals surface area contributed by atoms with E-state index >= 15 is 0 Å². The Hall–Kier alpha value is -2.35. The number of carbonyl (C=O) groups is 2. The summed E-state index contributed by atoms with van der Waals surface area (Å²) in [5.74, 6) is -2.15. The first kappa shape index (κ1) is 15.0. The normalized spacial score (nSPS) is 17.6. The van der Waals surface area contributed by atoms with Crippen molar-refractivity contribution in [3.8, 4) is 5.75 Å². The van der Waals surface area contributed by atoms with Crippen molar-refractivity contribution in [1.82, 2.24) is 9.47 Å². The van der Waals surface area contributed by atoms with E-state index < -0.39 is 29.3 Å². The maximum Gasteiger partial charge on any atom is 0.343 e. The maximum absolute atomic E-state index is 12.4. The van der Waals surface area contributed by atoms with Crippen molar-refractivity contribution < 1.29 is 24.2 Å². The SMILES string of the molecule is CCN1C(=O)c2c(O)c(=O)c(C(=O)OC)cn2CC1OC. The Morgan fingerprint density at radius 2 is 2.10 bits per heavy atom. The molecule has 1 aromatic rings. The summed E-state index contributed by atoms with van der Waals surface area (Å²) in [6.07, 6.45) is 0.669. The minimum absolute atomic E-state index is 0.150. The molecule has 1 amide bonds. The van der Waals surface area contributed by atoms with E-state index in [4.69, 9.17) is 4.74 Å². The van der Waals surface area contributed by atoms with Gasteiger partial charge in [0.15, 0.2) is 11.4 Å². The summed E-state index contributed by atoms with van der Waals surface area (Å²) in [6, 6.07) is 0. The zero-order valence-corrected chi connectivity index (χ0v) is 12.0. The minimum atomic E-state index is -0.923. The van der Waals surface area contributed by atoms with E-state index in [2.05, 4.69) is 4.74 Å². The molecule has 2 rings (SSSR count). The number of carbonyl (C=O) groups excluding carboxylic acids is 2. The highest BCUT2D eigenvalue weighted by molar-refractivity contribution is 5.97. The molecule has 0 radical (unpaired) electrons. The lowest BCUT2D eigenvalue weighted by molar-refractivity contribution is -0.0373. The number of aromatic hydroxyl groups is 1. The molecule has 1 aliphatic heterocycles. The fraction of sp³-hybridized carbons (Fsp3) is 0.462. The summed E-state index contributed by atoms with van der Waals surface area (Å²) < 4.78 is 11.1. The minimum Gasteiger partial charge on any atom is -0.503 e. The van der Waals surface area contributed by atoms with Crippen molar-refractivity contribution in [3.05, 3.63) is 27.7 Å². The number of esters is 1. The topological polar surface area (TPSA) is 98.1 Å². The Bertz CT molecular complexity index is 651. The fourth-order valence-electron chi connectivity index (χ4n) is 2.36. The lowest BCUT2D eigenvalue weighted by Gasteiger charge is -2.36. The average Bonchev–Trinajstić information content (AvgIpc) is 2.49. The molecule has 21 heavy (non-hydrogen) atoms. The van der Waals surface area contributed by atoms with Gasteiger partial charge in [-0.1, -0.05) is 0 Å². The van der Waals surface area contributed by atoms with E-state index in [1.807, 2.05) is 0 Å². The third-order valence-electron chi connectivity index (χ3n) is 3.44. The van der Waals surface area contributed by atoms with Crippen molar-refractivity contribution in [3.63, 3.8) is 0 Å². The van der Waals surface area contributed by atoms with Gasteiger partial charge in [-0.05, 0) is 6.92 Å². The maximum atomic E-state index is 12.4. The van der Waals surface area contributed by atoms with Gasteiger partial charge in [-0.2, -0.15) is 0 Å². The number of fused-ring (bicyclic) bond motifs is 1. The number of ether oxygens (including phenoxy) is 2. The first-order chi connectivity index (χ1) is 9.96. The summed E-state index contributed by atoms with van der Waals surface area (Å²) in [4.78, 5) is 37.3. The molecule has 0 aliphatic carbocycles. The zero-order valence-electron chi connectivity index (χ0n) is 12.0. The summed E-state index contributed by atoms with van der Waals surface area (Å²) in [5.41, 5.74) is -1.40. The largest absolute Gasteiger partial charge is 0.503 e. The van der Waals surface area contributed by atoms with E-state index in [1.54, 1.807) is 6.92 Å². The van der Waals surface area contributed by atoms with Gasteiger partial charge in [-0.25, -0.2) is 4.79 Å². The van der Waals surface area contributed by atoms with E-state index in [0.717, 1.165) is 7.11 Å². The number of nitrogens with zero attached hydrogens (tertiary/aromatic N) is 2. The second kappa shape index (κ2) is 5.57. The number of likely N-dealkylation sites (N-methyl/N-ethyl adjacent to an activating group) is 1. The van der Waals surface area contributed by atoms with Crippen LogP contribution in [-0.4, -0.2) is 53.4 Å². The summed E-state index contributed by atoms with van der Waals surface area (Å²) in [5, 5.41) is 9.98. The summed E-state index contributed by atoms with van der Waals surface area (Å²) in [6.45, 7) is 2.32. The lowest BCUT2D eigenvalue weighted by atomic mass is 10.1. The Morgan fingerprint density at radius 3 is 2.62 bits per heavy atom. The summed E-state index contributed by atoms with van der Waals surface area (Å²) in [7, 11) is 2.58. The standard InChI is InChI=1S/C13H16N2O6/c1-4-15-8(20-2)6-14-5-7(13(19)21-3)10(16)11(17)9(14)12(15)18/h5,8,17H,4,6H2,1-3H3. The zero-order chi connectivity index (χ0) is 15.7. The molecule has 0 spiro atoms. The van der Waals surface area contributed by atoms with Crippen LogP contribution in [0.4, 0.5) is 0 Å². The van der Waals surface area contributed by atoms with Crippen LogP contribution in [0.1, 0.15) is 27.8 Å². The molecule has 0 fully saturated rings. The van der Waals surface area contributed by atoms with Crippen LogP contribution in [0.3, 0.4) is 0 Å². The van der Waals surface area contributed by atoms with E-state index in [0.29, 0.717) is 6.54 Å². The molecule has 0 bridgehead atoms. The predicted octanol–water partition coefficient (Wildman–Crippen LogP) is -0.211. The van der Waals surface area contributed by atoms with Crippen LogP contribution >= 0.6 is 0 Å². The highest BCUT2D eigenvalue weighted by atomic mass is 16.5. The number of hydrogen-bond acceptors (Lipinski definition) is 6. The Morgan fingerprint density at radius 1 is 1.43 bits per heavy atom. The predicted molar refractivity (Wildman–Crippen MR) is 71.2 cm³/mol. The van der Waals surface area contributed by atoms with Crippen molar-refractivity contribution in [2.75, 3.05) is 20.8 Å². The van der Waals surface area contributed by atoms with Crippen LogP contribution < -0.4 is 5.43 Å². The van der Waals surface area contributed by atoms with Crippen LogP contribution in [0.15, 0.2) is 11.0 Å². The van der Waals surface area contributed by atoms with Gasteiger partial charge < -0.3 is 24.0 Å². The highest BCUT2D eigenvalue weighted by Crippen LogP contribution is 2.23. The van der Waals surface area contributed by atoms with Gasteiger partial charge >= 0.3 is 5.97 Å². The molecule has 0 saturated heterocycles. The fourth-order valence-corrected chi connectivity index (χ4v) is 2.36. The molecule has 0 saturated carbocycles. The first-order valence-corrected chi connectivity index (χ1v) is 6.34. The highest BCUT2D eigenvalue weighted by Gasteiger charge is 2.35. The molecule has 114 valence electrons. The Kier molecular flexibility index (Phi) is 3.99. The average molecular weight is 296 g/mol. The second-order valence-corrected chi connectivity index (χ2v) is 4.49. The van der Waals surface area contributed by atoms with Crippen LogP contribution in [-0.2, 0) is 16.0 Å². The van der Waals surface area contributed by atoms with Crippen LogP contribution in [0.25, 0.3) is 0 Å². The quantitative estimate of drug-likeness (QED) is 0.775. The molecule has 2 heterocycles. The lowest BCUT2D eigenvalue weighted by Crippen LogP contribution is -2.49. The smallest absolute Gasteiger partial charge is 0.343 e. The van der Waals surface area contributed by atoms with Crippen LogP contribution in [0.2, 0.25) is 0 Å². The molecule has 1 N–H and O–H groups in total. The van der Waals surface area contributed by atoms with E-state index in [1.165, 1.54) is 22.8 Å². The van der Waals surface area contributed by atoms with E-state index in [9.17, 15) is 19.5 Å². The van der Waals surface area contributed by atoms with Crippen molar-refractivity contribution in [1.29, 1.82) is 0 Å². The molecule has 1 atom stereocenters. The molecule has 8 heteroatoms. The van der Waals surface area contributed by atoms with Gasteiger partial charge in [-0.15, -0.1) is 0 Å². The first-order valence-electron chi connectivity index (χ1n) is 6.34. The number of methoxy groups -OCH3 is 2. The molecule has 1 aliphatic rings. The Labute approximate surface area is 120 Å². The third-order valence-corrected chi connectivity index (χ3v) is 3.44. The molecule has 0 aromatic carbocycles.